The summed E-state index contributed by atoms with van der Waals surface area (Å²) in [7, 11) is 0. The number of nitrogens with one attached hydrogen (secondary N) is 1. The third-order valence-corrected chi connectivity index (χ3v) is 6.33. The van der Waals surface area contributed by atoms with Gasteiger partial charge >= 0.3 is 5.69 Å². The summed E-state index contributed by atoms with van der Waals surface area (Å²) >= 11 is 0. The van der Waals surface area contributed by atoms with Crippen molar-refractivity contribution in [1.82, 2.24) is 14.5 Å². The second kappa shape index (κ2) is 12.7. The number of amides is 1. The lowest BCUT2D eigenvalue weighted by atomic mass is 9.96. The fourth-order valence-electron chi connectivity index (χ4n) is 4.30. The molecule has 3 rings (SSSR count). The maximum Gasteiger partial charge on any atom is 0.331 e. The van der Waals surface area contributed by atoms with Crippen molar-refractivity contribution in [2.45, 2.75) is 86.0 Å². The van der Waals surface area contributed by atoms with Crippen molar-refractivity contribution in [3.8, 4) is 0 Å². The Labute approximate surface area is 223 Å². The van der Waals surface area contributed by atoms with E-state index in [0.29, 0.717) is 5.56 Å². The molecule has 1 N–H and O–H groups in total. The van der Waals surface area contributed by atoms with Crippen molar-refractivity contribution in [1.29, 1.82) is 0 Å². The van der Waals surface area contributed by atoms with Crippen molar-refractivity contribution in [2.24, 2.45) is 11.1 Å². The number of ketones is 1. The zero-order valence-electron chi connectivity index (χ0n) is 23.1. The molecule has 0 radical (unpaired) electrons. The Kier molecular flexibility index (Phi) is 9.61. The number of nitrogens with zero attached hydrogens (tertiary/aromatic N) is 3. The molecule has 204 valence electrons. The summed E-state index contributed by atoms with van der Waals surface area (Å²) in [5.41, 5.74) is 1.79. The molecule has 0 fully saturated rings. The molecule has 1 aromatic heterocycles. The summed E-state index contributed by atoms with van der Waals surface area (Å²) in [5, 5.41) is 6.87. The van der Waals surface area contributed by atoms with Gasteiger partial charge < -0.3 is 10.2 Å². The van der Waals surface area contributed by atoms with Gasteiger partial charge in [0.15, 0.2) is 5.78 Å². The van der Waals surface area contributed by atoms with Crippen LogP contribution in [0.3, 0.4) is 0 Å². The van der Waals surface area contributed by atoms with Crippen LogP contribution in [0.1, 0.15) is 82.3 Å². The van der Waals surface area contributed by atoms with Crippen molar-refractivity contribution in [3.63, 3.8) is 0 Å². The van der Waals surface area contributed by atoms with Gasteiger partial charge in [0.1, 0.15) is 6.10 Å². The van der Waals surface area contributed by atoms with Gasteiger partial charge in [-0.15, -0.1) is 0 Å². The molecule has 0 aliphatic heterocycles. The first kappa shape index (κ1) is 28.8. The zero-order valence-corrected chi connectivity index (χ0v) is 23.1. The molecule has 9 heteroatoms. The Balaban J connectivity index is 2.04. The fourth-order valence-corrected chi connectivity index (χ4v) is 4.30. The maximum absolute atomic E-state index is 13.5. The van der Waals surface area contributed by atoms with Gasteiger partial charge in [-0.05, 0) is 58.1 Å². The summed E-state index contributed by atoms with van der Waals surface area (Å²) in [6, 6.07) is 6.91. The highest BCUT2D eigenvalue weighted by atomic mass is 16.6. The highest BCUT2D eigenvalue weighted by Crippen LogP contribution is 2.30. The maximum atomic E-state index is 13.5. The van der Waals surface area contributed by atoms with E-state index < -0.39 is 17.3 Å². The minimum absolute atomic E-state index is 0.0556. The molecule has 0 spiro atoms. The summed E-state index contributed by atoms with van der Waals surface area (Å²) < 4.78 is 2.29. The predicted molar refractivity (Wildman–Crippen MR) is 148 cm³/mol. The molecular weight excluding hydrogens is 484 g/mol. The van der Waals surface area contributed by atoms with Crippen molar-refractivity contribution >= 4 is 23.0 Å². The highest BCUT2D eigenvalue weighted by Gasteiger charge is 2.21. The van der Waals surface area contributed by atoms with Crippen LogP contribution in [0.5, 0.6) is 0 Å². The van der Waals surface area contributed by atoms with Crippen molar-refractivity contribution in [3.05, 3.63) is 74.1 Å². The Hall–Kier alpha value is -3.75. The van der Waals surface area contributed by atoms with E-state index in [1.165, 1.54) is 10.8 Å². The van der Waals surface area contributed by atoms with Gasteiger partial charge in [0.05, 0.1) is 24.4 Å². The summed E-state index contributed by atoms with van der Waals surface area (Å²) in [5.74, 6) is -0.661. The molecule has 0 saturated carbocycles. The predicted octanol–water partition coefficient (Wildman–Crippen LogP) is 3.77. The molecule has 0 unspecified atom stereocenters. The van der Waals surface area contributed by atoms with E-state index in [2.05, 4.69) is 16.5 Å². The summed E-state index contributed by atoms with van der Waals surface area (Å²) in [4.78, 5) is 57.8. The lowest BCUT2D eigenvalue weighted by Crippen LogP contribution is -2.48. The largest absolute Gasteiger partial charge is 0.393 e. The molecule has 0 bridgehead atoms. The normalized spacial score (nSPS) is 14.5. The van der Waals surface area contributed by atoms with E-state index >= 15 is 0 Å². The quantitative estimate of drug-likeness (QED) is 0.274. The Morgan fingerprint density at radius 1 is 1.08 bits per heavy atom. The number of carbonyl (C=O) groups excluding carboxylic acids is 2. The number of oxime groups is 1. The van der Waals surface area contributed by atoms with Crippen LogP contribution in [-0.2, 0) is 22.7 Å². The molecule has 38 heavy (non-hydrogen) atoms. The Morgan fingerprint density at radius 3 is 2.42 bits per heavy atom. The van der Waals surface area contributed by atoms with Crippen LogP contribution in [0, 0.1) is 5.92 Å². The van der Waals surface area contributed by atoms with Crippen LogP contribution in [0.15, 0.2) is 51.3 Å². The second-order valence-electron chi connectivity index (χ2n) is 10.4. The van der Waals surface area contributed by atoms with Crippen LogP contribution in [0.4, 0.5) is 0 Å². The van der Waals surface area contributed by atoms with Crippen molar-refractivity contribution < 1.29 is 14.4 Å². The molecular formula is C29H38N4O5. The van der Waals surface area contributed by atoms with Gasteiger partial charge in [0.2, 0.25) is 5.91 Å². The number of carbonyl (C=O) groups is 2. The van der Waals surface area contributed by atoms with E-state index in [1.807, 2.05) is 26.0 Å². The van der Waals surface area contributed by atoms with Crippen molar-refractivity contribution in [2.75, 3.05) is 0 Å². The molecule has 1 amide bonds. The number of benzene rings is 1. The molecule has 1 aromatic carbocycles. The van der Waals surface area contributed by atoms with Gasteiger partial charge in [-0.25, -0.2) is 4.79 Å². The Bertz CT molecular complexity index is 1360. The molecule has 1 atom stereocenters. The standard InChI is InChI=1S/C29H38N4O5/c1-18(2)27(35)30-20(5)15-33-28(36)25(21(6)31-38-19(3)4)16-32(29(33)37)17-26(34)24-14-10-9-13-23(24)22-11-7-8-12-22/h9-11,13-14,16,18-20H,7-8,12,15,17H2,1-6H3,(H,30,35)/b31-21+/t20-/m0/s1. The first-order chi connectivity index (χ1) is 18.0. The average molecular weight is 523 g/mol. The van der Waals surface area contributed by atoms with E-state index in [4.69, 9.17) is 4.84 Å². The lowest BCUT2D eigenvalue weighted by molar-refractivity contribution is -0.124. The fraction of sp³-hybridized carbons (Fsp3) is 0.483. The summed E-state index contributed by atoms with van der Waals surface area (Å²) in [6.45, 7) is 10.2. The smallest absolute Gasteiger partial charge is 0.331 e. The third kappa shape index (κ3) is 6.96. The van der Waals surface area contributed by atoms with E-state index in [1.54, 1.807) is 39.8 Å². The van der Waals surface area contributed by atoms with Gasteiger partial charge in [-0.2, -0.15) is 0 Å². The number of hydrogen-bond acceptors (Lipinski definition) is 6. The monoisotopic (exact) mass is 522 g/mol. The second-order valence-corrected chi connectivity index (χ2v) is 10.4. The average Bonchev–Trinajstić information content (AvgIpc) is 3.41. The van der Waals surface area contributed by atoms with Crippen LogP contribution in [0.25, 0.3) is 5.57 Å². The number of aromatic nitrogens is 2. The number of rotatable bonds is 11. The third-order valence-electron chi connectivity index (χ3n) is 6.33. The minimum Gasteiger partial charge on any atom is -0.393 e. The zero-order chi connectivity index (χ0) is 28.0. The topological polar surface area (TPSA) is 112 Å². The van der Waals surface area contributed by atoms with Gasteiger partial charge in [0.25, 0.3) is 5.56 Å². The molecule has 9 nitrogen and oxygen atoms in total. The van der Waals surface area contributed by atoms with Crippen LogP contribution >= 0.6 is 0 Å². The molecule has 1 aliphatic rings. The first-order valence-corrected chi connectivity index (χ1v) is 13.2. The lowest BCUT2D eigenvalue weighted by Gasteiger charge is -2.19. The molecule has 1 heterocycles. The van der Waals surface area contributed by atoms with E-state index in [9.17, 15) is 19.2 Å². The van der Waals surface area contributed by atoms with E-state index in [-0.39, 0.29) is 48.1 Å². The first-order valence-electron chi connectivity index (χ1n) is 13.2. The van der Waals surface area contributed by atoms with Crippen LogP contribution in [0.2, 0.25) is 0 Å². The van der Waals surface area contributed by atoms with Gasteiger partial charge in [0, 0.05) is 23.7 Å². The van der Waals surface area contributed by atoms with Crippen LogP contribution in [-0.4, -0.2) is 38.7 Å². The molecule has 0 saturated heterocycles. The molecule has 2 aromatic rings. The number of allylic oxidation sites excluding steroid dienone is 2. The Morgan fingerprint density at radius 2 is 1.79 bits per heavy atom. The number of Topliss-reactive ketones (excluding diaryl/α,β-unsaturated/α-hetero) is 1. The SMILES string of the molecule is C/C(=N\OC(C)C)c1cn(CC(=O)c2ccccc2C2=CCCC2)c(=O)n(C[C@H](C)NC(=O)C(C)C)c1=O. The highest BCUT2D eigenvalue weighted by molar-refractivity contribution is 6.01. The summed E-state index contributed by atoms with van der Waals surface area (Å²) in [6.07, 6.45) is 6.26. The minimum atomic E-state index is -0.632. The van der Waals surface area contributed by atoms with Gasteiger partial charge in [-0.1, -0.05) is 49.3 Å². The van der Waals surface area contributed by atoms with E-state index in [0.717, 1.165) is 35.0 Å². The number of hydrogen-bond donors (Lipinski definition) is 1. The molecule has 1 aliphatic carbocycles. The van der Waals surface area contributed by atoms with Crippen LogP contribution < -0.4 is 16.6 Å². The van der Waals surface area contributed by atoms with Gasteiger partial charge in [-0.3, -0.25) is 23.5 Å².